The number of piperazine rings is 1. The summed E-state index contributed by atoms with van der Waals surface area (Å²) in [5, 5.41) is 8.84. The van der Waals surface area contributed by atoms with Crippen LogP contribution in [0, 0.1) is 13.8 Å². The Morgan fingerprint density at radius 1 is 1.12 bits per heavy atom. The molecule has 1 amide bonds. The Labute approximate surface area is 149 Å². The molecule has 0 aliphatic carbocycles. The maximum atomic E-state index is 12.4. The summed E-state index contributed by atoms with van der Waals surface area (Å²) < 4.78 is 3.83. The van der Waals surface area contributed by atoms with Crippen LogP contribution in [-0.2, 0) is 24.4 Å². The molecular weight excluding hydrogens is 316 g/mol. The van der Waals surface area contributed by atoms with Gasteiger partial charge in [-0.15, -0.1) is 0 Å². The highest BCUT2D eigenvalue weighted by Crippen LogP contribution is 2.12. The smallest absolute Gasteiger partial charge is 0.224 e. The van der Waals surface area contributed by atoms with Crippen molar-refractivity contribution in [3.63, 3.8) is 0 Å². The van der Waals surface area contributed by atoms with E-state index in [1.165, 1.54) is 5.56 Å². The number of carbonyl (C=O) groups excluding carboxylic acids is 1. The lowest BCUT2D eigenvalue weighted by molar-refractivity contribution is -0.133. The lowest BCUT2D eigenvalue weighted by Crippen LogP contribution is -2.48. The first-order valence-electron chi connectivity index (χ1n) is 9.08. The summed E-state index contributed by atoms with van der Waals surface area (Å²) in [5.74, 6) is 0.225. The average molecular weight is 344 g/mol. The molecule has 0 unspecified atom stereocenters. The third-order valence-corrected chi connectivity index (χ3v) is 4.82. The molecular formula is C18H28N6O. The summed E-state index contributed by atoms with van der Waals surface area (Å²) in [6.45, 7) is 12.1. The number of hydrogen-bond acceptors (Lipinski definition) is 4. The van der Waals surface area contributed by atoms with Gasteiger partial charge in [0.05, 0.1) is 11.4 Å². The predicted molar refractivity (Wildman–Crippen MR) is 96.1 cm³/mol. The molecule has 1 aliphatic rings. The van der Waals surface area contributed by atoms with Crippen LogP contribution in [0.3, 0.4) is 0 Å². The Morgan fingerprint density at radius 3 is 2.48 bits per heavy atom. The van der Waals surface area contributed by atoms with E-state index in [0.717, 1.165) is 50.7 Å². The van der Waals surface area contributed by atoms with Crippen molar-refractivity contribution in [3.05, 3.63) is 35.4 Å². The van der Waals surface area contributed by atoms with Crippen molar-refractivity contribution < 1.29 is 4.79 Å². The van der Waals surface area contributed by atoms with Crippen LogP contribution in [0.5, 0.6) is 0 Å². The van der Waals surface area contributed by atoms with E-state index in [1.807, 2.05) is 33.5 Å². The largest absolute Gasteiger partial charge is 0.340 e. The van der Waals surface area contributed by atoms with Crippen LogP contribution in [0.4, 0.5) is 0 Å². The second-order valence-corrected chi connectivity index (χ2v) is 6.72. The predicted octanol–water partition coefficient (Wildman–Crippen LogP) is 1.45. The normalized spacial score (nSPS) is 15.7. The van der Waals surface area contributed by atoms with Gasteiger partial charge in [0.2, 0.25) is 5.91 Å². The lowest BCUT2D eigenvalue weighted by Gasteiger charge is -2.34. The summed E-state index contributed by atoms with van der Waals surface area (Å²) in [6.07, 6.45) is 4.59. The molecule has 2 aromatic rings. The number of amides is 1. The standard InChI is InChI=1S/C18H28N6O/c1-4-23-14-17(16(3)20-23)13-21-9-11-22(12-10-21)18(25)6-8-24-7-5-15(2)19-24/h5,7,14H,4,6,8-13H2,1-3H3. The van der Waals surface area contributed by atoms with Gasteiger partial charge >= 0.3 is 0 Å². The molecule has 0 N–H and O–H groups in total. The molecule has 136 valence electrons. The van der Waals surface area contributed by atoms with Crippen LogP contribution < -0.4 is 0 Å². The van der Waals surface area contributed by atoms with Crippen LogP contribution in [0.1, 0.15) is 30.3 Å². The van der Waals surface area contributed by atoms with E-state index < -0.39 is 0 Å². The summed E-state index contributed by atoms with van der Waals surface area (Å²) in [4.78, 5) is 16.8. The summed E-state index contributed by atoms with van der Waals surface area (Å²) in [7, 11) is 0. The van der Waals surface area contributed by atoms with Crippen molar-refractivity contribution >= 4 is 5.91 Å². The van der Waals surface area contributed by atoms with Crippen LogP contribution in [0.2, 0.25) is 0 Å². The summed E-state index contributed by atoms with van der Waals surface area (Å²) in [5.41, 5.74) is 3.38. The highest BCUT2D eigenvalue weighted by molar-refractivity contribution is 5.76. The van der Waals surface area contributed by atoms with Gasteiger partial charge in [0.25, 0.3) is 0 Å². The fourth-order valence-electron chi connectivity index (χ4n) is 3.23. The minimum absolute atomic E-state index is 0.225. The zero-order valence-corrected chi connectivity index (χ0v) is 15.5. The van der Waals surface area contributed by atoms with Crippen molar-refractivity contribution in [2.75, 3.05) is 26.2 Å². The van der Waals surface area contributed by atoms with Crippen molar-refractivity contribution in [2.24, 2.45) is 0 Å². The third-order valence-electron chi connectivity index (χ3n) is 4.82. The van der Waals surface area contributed by atoms with Gasteiger partial charge in [-0.3, -0.25) is 19.1 Å². The first-order valence-corrected chi connectivity index (χ1v) is 9.08. The zero-order valence-electron chi connectivity index (χ0n) is 15.5. The molecule has 0 radical (unpaired) electrons. The van der Waals surface area contributed by atoms with Gasteiger partial charge in [-0.1, -0.05) is 0 Å². The molecule has 7 heteroatoms. The molecule has 1 fully saturated rings. The second-order valence-electron chi connectivity index (χ2n) is 6.72. The number of rotatable bonds is 6. The van der Waals surface area contributed by atoms with E-state index in [1.54, 1.807) is 0 Å². The SMILES string of the molecule is CCn1cc(CN2CCN(C(=O)CCn3ccc(C)n3)CC2)c(C)n1. The molecule has 0 atom stereocenters. The number of aryl methyl sites for hydroxylation is 4. The molecule has 1 aliphatic heterocycles. The Kier molecular flexibility index (Phi) is 5.53. The van der Waals surface area contributed by atoms with Crippen molar-refractivity contribution in [3.8, 4) is 0 Å². The molecule has 0 bridgehead atoms. The minimum atomic E-state index is 0.225. The highest BCUT2D eigenvalue weighted by atomic mass is 16.2. The Bertz CT molecular complexity index is 711. The van der Waals surface area contributed by atoms with Crippen LogP contribution in [0.15, 0.2) is 18.5 Å². The Morgan fingerprint density at radius 2 is 1.88 bits per heavy atom. The zero-order chi connectivity index (χ0) is 17.8. The molecule has 25 heavy (non-hydrogen) atoms. The van der Waals surface area contributed by atoms with Gasteiger partial charge in [-0.05, 0) is 26.8 Å². The maximum absolute atomic E-state index is 12.4. The molecule has 0 aromatic carbocycles. The van der Waals surface area contributed by atoms with Gasteiger partial charge in [-0.2, -0.15) is 10.2 Å². The minimum Gasteiger partial charge on any atom is -0.340 e. The molecule has 0 spiro atoms. The molecule has 1 saturated heterocycles. The molecule has 2 aromatic heterocycles. The van der Waals surface area contributed by atoms with Crippen molar-refractivity contribution in [1.82, 2.24) is 29.4 Å². The lowest BCUT2D eigenvalue weighted by atomic mass is 10.2. The maximum Gasteiger partial charge on any atom is 0.224 e. The van der Waals surface area contributed by atoms with Crippen molar-refractivity contribution in [1.29, 1.82) is 0 Å². The van der Waals surface area contributed by atoms with E-state index in [9.17, 15) is 4.79 Å². The fraction of sp³-hybridized carbons (Fsp3) is 0.611. The number of aromatic nitrogens is 4. The molecule has 3 heterocycles. The first-order chi connectivity index (χ1) is 12.0. The third kappa shape index (κ3) is 4.48. The Hall–Kier alpha value is -2.15. The van der Waals surface area contributed by atoms with Crippen LogP contribution >= 0.6 is 0 Å². The first kappa shape index (κ1) is 17.7. The highest BCUT2D eigenvalue weighted by Gasteiger charge is 2.21. The van der Waals surface area contributed by atoms with E-state index in [-0.39, 0.29) is 5.91 Å². The fourth-order valence-corrected chi connectivity index (χ4v) is 3.23. The summed E-state index contributed by atoms with van der Waals surface area (Å²) in [6, 6.07) is 1.96. The monoisotopic (exact) mass is 344 g/mol. The summed E-state index contributed by atoms with van der Waals surface area (Å²) >= 11 is 0. The second kappa shape index (κ2) is 7.82. The number of carbonyl (C=O) groups is 1. The quantitative estimate of drug-likeness (QED) is 0.796. The van der Waals surface area contributed by atoms with Gasteiger partial charge < -0.3 is 4.90 Å². The molecule has 0 saturated carbocycles. The van der Waals surface area contributed by atoms with Crippen LogP contribution in [0.25, 0.3) is 0 Å². The topological polar surface area (TPSA) is 59.2 Å². The average Bonchev–Trinajstić information content (AvgIpc) is 3.19. The number of nitrogens with zero attached hydrogens (tertiary/aromatic N) is 6. The molecule has 3 rings (SSSR count). The Balaban J connectivity index is 1.44. The van der Waals surface area contributed by atoms with Crippen molar-refractivity contribution in [2.45, 2.75) is 46.8 Å². The number of hydrogen-bond donors (Lipinski definition) is 0. The van der Waals surface area contributed by atoms with E-state index in [2.05, 4.69) is 35.1 Å². The van der Waals surface area contributed by atoms with E-state index in [0.29, 0.717) is 13.0 Å². The van der Waals surface area contributed by atoms with E-state index >= 15 is 0 Å². The molecule has 7 nitrogen and oxygen atoms in total. The van der Waals surface area contributed by atoms with Gasteiger partial charge in [-0.25, -0.2) is 0 Å². The van der Waals surface area contributed by atoms with E-state index in [4.69, 9.17) is 0 Å². The van der Waals surface area contributed by atoms with Crippen LogP contribution in [-0.4, -0.2) is 61.4 Å². The van der Waals surface area contributed by atoms with Gasteiger partial charge in [0, 0.05) is 70.2 Å². The van der Waals surface area contributed by atoms with Gasteiger partial charge in [0.1, 0.15) is 0 Å². The van der Waals surface area contributed by atoms with Gasteiger partial charge in [0.15, 0.2) is 0 Å².